The van der Waals surface area contributed by atoms with Crippen LogP contribution in [0, 0.1) is 0 Å². The fourth-order valence-electron chi connectivity index (χ4n) is 1.49. The first kappa shape index (κ1) is 13.1. The van der Waals surface area contributed by atoms with Crippen LogP contribution in [0.2, 0.25) is 5.02 Å². The van der Waals surface area contributed by atoms with Crippen molar-refractivity contribution in [2.24, 2.45) is 0 Å². The number of rotatable bonds is 4. The molecule has 0 aliphatic rings. The van der Waals surface area contributed by atoms with Crippen molar-refractivity contribution in [1.29, 1.82) is 0 Å². The Kier molecular flexibility index (Phi) is 3.82. The smallest absolute Gasteiger partial charge is 0.325 e. The maximum atomic E-state index is 11.9. The van der Waals surface area contributed by atoms with Gasteiger partial charge in [-0.25, -0.2) is 0 Å². The number of hydrogen-bond donors (Lipinski definition) is 2. The van der Waals surface area contributed by atoms with E-state index < -0.39 is 5.97 Å². The zero-order valence-corrected chi connectivity index (χ0v) is 10.5. The Morgan fingerprint density at radius 3 is 2.89 bits per heavy atom. The maximum absolute atomic E-state index is 11.9. The lowest BCUT2D eigenvalue weighted by atomic mass is 10.2. The second-order valence-corrected chi connectivity index (χ2v) is 4.22. The molecule has 1 amide bonds. The molecule has 1 aromatic carbocycles. The van der Waals surface area contributed by atoms with Gasteiger partial charge in [0.2, 0.25) is 0 Å². The standard InChI is InChI=1S/C12H10ClN3O3/c13-9-3-1-2-8(4-9)12(19)15-10-5-14-16(6-10)7-11(17)18/h1-6H,7H2,(H,15,19)(H,17,18). The van der Waals surface area contributed by atoms with Gasteiger partial charge in [0, 0.05) is 16.8 Å². The number of benzene rings is 1. The summed E-state index contributed by atoms with van der Waals surface area (Å²) in [6.07, 6.45) is 2.82. The van der Waals surface area contributed by atoms with Crippen molar-refractivity contribution in [1.82, 2.24) is 9.78 Å². The first-order valence-corrected chi connectivity index (χ1v) is 5.73. The maximum Gasteiger partial charge on any atom is 0.325 e. The average molecular weight is 280 g/mol. The third-order valence-electron chi connectivity index (χ3n) is 2.28. The summed E-state index contributed by atoms with van der Waals surface area (Å²) in [4.78, 5) is 22.4. The monoisotopic (exact) mass is 279 g/mol. The van der Waals surface area contributed by atoms with Crippen LogP contribution in [0.3, 0.4) is 0 Å². The SMILES string of the molecule is O=C(O)Cn1cc(NC(=O)c2cccc(Cl)c2)cn1. The van der Waals surface area contributed by atoms with E-state index in [4.69, 9.17) is 16.7 Å². The lowest BCUT2D eigenvalue weighted by molar-refractivity contribution is -0.137. The molecule has 2 rings (SSSR count). The summed E-state index contributed by atoms with van der Waals surface area (Å²) < 4.78 is 1.22. The number of halogens is 1. The van der Waals surface area contributed by atoms with Gasteiger partial charge in [0.25, 0.3) is 5.91 Å². The van der Waals surface area contributed by atoms with Crippen LogP contribution in [0.5, 0.6) is 0 Å². The van der Waals surface area contributed by atoms with Gasteiger partial charge in [0.05, 0.1) is 11.9 Å². The van der Waals surface area contributed by atoms with E-state index in [1.54, 1.807) is 24.3 Å². The number of aromatic nitrogens is 2. The highest BCUT2D eigenvalue weighted by Gasteiger charge is 2.08. The van der Waals surface area contributed by atoms with Crippen molar-refractivity contribution < 1.29 is 14.7 Å². The van der Waals surface area contributed by atoms with Crippen LogP contribution in [-0.4, -0.2) is 26.8 Å². The quantitative estimate of drug-likeness (QED) is 0.895. The first-order chi connectivity index (χ1) is 9.04. The molecule has 2 N–H and O–H groups in total. The van der Waals surface area contributed by atoms with Crippen LogP contribution < -0.4 is 5.32 Å². The number of carboxylic acid groups (broad SMARTS) is 1. The van der Waals surface area contributed by atoms with E-state index in [0.29, 0.717) is 16.3 Å². The fourth-order valence-corrected chi connectivity index (χ4v) is 1.68. The van der Waals surface area contributed by atoms with E-state index in [9.17, 15) is 9.59 Å². The predicted octanol–water partition coefficient (Wildman–Crippen LogP) is 1.87. The molecular weight excluding hydrogens is 270 g/mol. The van der Waals surface area contributed by atoms with Crippen LogP contribution in [-0.2, 0) is 11.3 Å². The lowest BCUT2D eigenvalue weighted by Gasteiger charge is -2.02. The minimum Gasteiger partial charge on any atom is -0.480 e. The summed E-state index contributed by atoms with van der Waals surface area (Å²) in [5.74, 6) is -1.34. The number of anilines is 1. The zero-order valence-electron chi connectivity index (χ0n) is 9.71. The number of carbonyl (C=O) groups is 2. The Labute approximate surface area is 113 Å². The predicted molar refractivity (Wildman–Crippen MR) is 69.3 cm³/mol. The summed E-state index contributed by atoms with van der Waals surface area (Å²) in [6.45, 7) is -0.257. The topological polar surface area (TPSA) is 84.2 Å². The van der Waals surface area contributed by atoms with Gasteiger partial charge in [-0.15, -0.1) is 0 Å². The van der Waals surface area contributed by atoms with Gasteiger partial charge in [-0.05, 0) is 18.2 Å². The molecule has 0 aliphatic carbocycles. The molecule has 6 nitrogen and oxygen atoms in total. The highest BCUT2D eigenvalue weighted by atomic mass is 35.5. The second kappa shape index (κ2) is 5.53. The molecule has 0 spiro atoms. The van der Waals surface area contributed by atoms with Gasteiger partial charge >= 0.3 is 5.97 Å². The van der Waals surface area contributed by atoms with Gasteiger partial charge in [0.15, 0.2) is 0 Å². The summed E-state index contributed by atoms with van der Waals surface area (Å²) in [5.41, 5.74) is 0.838. The van der Waals surface area contributed by atoms with Crippen molar-refractivity contribution in [2.75, 3.05) is 5.32 Å². The number of aliphatic carboxylic acids is 1. The second-order valence-electron chi connectivity index (χ2n) is 3.78. The third kappa shape index (κ3) is 3.56. The number of nitrogens with one attached hydrogen (secondary N) is 1. The van der Waals surface area contributed by atoms with Gasteiger partial charge in [-0.3, -0.25) is 14.3 Å². The van der Waals surface area contributed by atoms with Crippen molar-refractivity contribution in [3.8, 4) is 0 Å². The van der Waals surface area contributed by atoms with Crippen molar-refractivity contribution in [2.45, 2.75) is 6.54 Å². The molecule has 1 aromatic heterocycles. The lowest BCUT2D eigenvalue weighted by Crippen LogP contribution is -2.11. The number of hydrogen-bond acceptors (Lipinski definition) is 3. The van der Waals surface area contributed by atoms with Crippen molar-refractivity contribution in [3.05, 3.63) is 47.2 Å². The van der Waals surface area contributed by atoms with Crippen LogP contribution in [0.1, 0.15) is 10.4 Å². The molecular formula is C12H10ClN3O3. The number of amides is 1. The Morgan fingerprint density at radius 2 is 2.21 bits per heavy atom. The Balaban J connectivity index is 2.06. The fraction of sp³-hybridized carbons (Fsp3) is 0.0833. The number of nitrogens with zero attached hydrogens (tertiary/aromatic N) is 2. The van der Waals surface area contributed by atoms with E-state index >= 15 is 0 Å². The molecule has 2 aromatic rings. The average Bonchev–Trinajstić information content (AvgIpc) is 2.75. The van der Waals surface area contributed by atoms with Crippen molar-refractivity contribution in [3.63, 3.8) is 0 Å². The first-order valence-electron chi connectivity index (χ1n) is 5.36. The van der Waals surface area contributed by atoms with Crippen molar-refractivity contribution >= 4 is 29.2 Å². The molecule has 7 heteroatoms. The largest absolute Gasteiger partial charge is 0.480 e. The molecule has 0 saturated carbocycles. The van der Waals surface area contributed by atoms with E-state index in [0.717, 1.165) is 0 Å². The summed E-state index contributed by atoms with van der Waals surface area (Å²) in [7, 11) is 0. The summed E-state index contributed by atoms with van der Waals surface area (Å²) in [6, 6.07) is 6.51. The Hall–Kier alpha value is -2.34. The Morgan fingerprint density at radius 1 is 1.42 bits per heavy atom. The molecule has 0 saturated heterocycles. The van der Waals surface area contributed by atoms with Gasteiger partial charge < -0.3 is 10.4 Å². The zero-order chi connectivity index (χ0) is 13.8. The molecule has 0 unspecified atom stereocenters. The van der Waals surface area contributed by atoms with E-state index in [1.807, 2.05) is 0 Å². The summed E-state index contributed by atoms with van der Waals surface area (Å²) >= 11 is 5.79. The molecule has 0 bridgehead atoms. The number of carboxylic acids is 1. The molecule has 0 fully saturated rings. The molecule has 98 valence electrons. The number of carbonyl (C=O) groups excluding carboxylic acids is 1. The molecule has 1 heterocycles. The minimum absolute atomic E-state index is 0.257. The minimum atomic E-state index is -1.00. The normalized spacial score (nSPS) is 10.2. The van der Waals surface area contributed by atoms with Crippen LogP contribution in [0.15, 0.2) is 36.7 Å². The Bertz CT molecular complexity index is 624. The highest BCUT2D eigenvalue weighted by molar-refractivity contribution is 6.31. The molecule has 0 atom stereocenters. The molecule has 0 radical (unpaired) electrons. The third-order valence-corrected chi connectivity index (χ3v) is 2.51. The molecule has 19 heavy (non-hydrogen) atoms. The van der Waals surface area contributed by atoms with E-state index in [1.165, 1.54) is 17.1 Å². The van der Waals surface area contributed by atoms with Gasteiger partial charge in [0.1, 0.15) is 6.54 Å². The van der Waals surface area contributed by atoms with Crippen LogP contribution in [0.4, 0.5) is 5.69 Å². The van der Waals surface area contributed by atoms with Crippen LogP contribution in [0.25, 0.3) is 0 Å². The highest BCUT2D eigenvalue weighted by Crippen LogP contribution is 2.13. The van der Waals surface area contributed by atoms with E-state index in [2.05, 4.69) is 10.4 Å². The summed E-state index contributed by atoms with van der Waals surface area (Å²) in [5, 5.41) is 15.5. The molecule has 0 aliphatic heterocycles. The van der Waals surface area contributed by atoms with Crippen LogP contribution >= 0.6 is 11.6 Å². The van der Waals surface area contributed by atoms with E-state index in [-0.39, 0.29) is 12.5 Å². The van der Waals surface area contributed by atoms with Gasteiger partial charge in [-0.1, -0.05) is 17.7 Å². The van der Waals surface area contributed by atoms with Gasteiger partial charge in [-0.2, -0.15) is 5.10 Å².